The van der Waals surface area contributed by atoms with Crippen LogP contribution in [0.25, 0.3) is 0 Å². The third kappa shape index (κ3) is 5.22. The van der Waals surface area contributed by atoms with Gasteiger partial charge in [0.1, 0.15) is 0 Å². The van der Waals surface area contributed by atoms with E-state index < -0.39 is 0 Å². The Morgan fingerprint density at radius 2 is 2.33 bits per heavy atom. The summed E-state index contributed by atoms with van der Waals surface area (Å²) in [7, 11) is 0. The second kappa shape index (κ2) is 7.75. The molecule has 4 heteroatoms. The van der Waals surface area contributed by atoms with Gasteiger partial charge in [-0.25, -0.2) is 0 Å². The van der Waals surface area contributed by atoms with Crippen molar-refractivity contribution in [3.63, 3.8) is 0 Å². The van der Waals surface area contributed by atoms with Gasteiger partial charge in [0.05, 0.1) is 12.6 Å². The van der Waals surface area contributed by atoms with E-state index in [1.54, 1.807) is 24.3 Å². The van der Waals surface area contributed by atoms with E-state index in [0.717, 1.165) is 12.8 Å². The minimum Gasteiger partial charge on any atom is -0.325 e. The van der Waals surface area contributed by atoms with Crippen molar-refractivity contribution in [3.05, 3.63) is 29.3 Å². The molecule has 0 aliphatic carbocycles. The zero-order chi connectivity index (χ0) is 13.4. The first-order valence-electron chi connectivity index (χ1n) is 5.90. The van der Waals surface area contributed by atoms with Crippen LogP contribution >= 0.6 is 11.6 Å². The zero-order valence-corrected chi connectivity index (χ0v) is 11.1. The van der Waals surface area contributed by atoms with Crippen LogP contribution in [0.5, 0.6) is 0 Å². The summed E-state index contributed by atoms with van der Waals surface area (Å²) in [5, 5.41) is 6.36. The van der Waals surface area contributed by atoms with E-state index in [1.807, 2.05) is 0 Å². The van der Waals surface area contributed by atoms with E-state index in [9.17, 15) is 4.79 Å². The van der Waals surface area contributed by atoms with Gasteiger partial charge in [0.25, 0.3) is 0 Å². The van der Waals surface area contributed by atoms with Crippen molar-refractivity contribution >= 4 is 23.2 Å². The van der Waals surface area contributed by atoms with Gasteiger partial charge >= 0.3 is 0 Å². The number of carbonyl (C=O) groups excluding carboxylic acids is 1. The number of halogens is 1. The highest BCUT2D eigenvalue weighted by molar-refractivity contribution is 6.30. The lowest BCUT2D eigenvalue weighted by molar-refractivity contribution is -0.115. The van der Waals surface area contributed by atoms with Gasteiger partial charge in [-0.3, -0.25) is 10.1 Å². The molecule has 0 aliphatic rings. The molecule has 1 rings (SSSR count). The number of hydrogen-bond donors (Lipinski definition) is 2. The van der Waals surface area contributed by atoms with Crippen LogP contribution < -0.4 is 10.6 Å². The molecule has 0 fully saturated rings. The average Bonchev–Trinajstić information content (AvgIpc) is 2.34. The summed E-state index contributed by atoms with van der Waals surface area (Å²) >= 11 is 5.83. The molecule has 0 saturated heterocycles. The van der Waals surface area contributed by atoms with Crippen LogP contribution in [0.15, 0.2) is 24.3 Å². The Morgan fingerprint density at radius 1 is 1.56 bits per heavy atom. The largest absolute Gasteiger partial charge is 0.325 e. The van der Waals surface area contributed by atoms with Gasteiger partial charge in [0.2, 0.25) is 5.91 Å². The first-order valence-corrected chi connectivity index (χ1v) is 6.28. The lowest BCUT2D eigenvalue weighted by atomic mass is 10.2. The number of amides is 1. The fourth-order valence-corrected chi connectivity index (χ4v) is 1.71. The number of hydrogen-bond acceptors (Lipinski definition) is 2. The van der Waals surface area contributed by atoms with Crippen LogP contribution in [0.3, 0.4) is 0 Å². The van der Waals surface area contributed by atoms with E-state index in [0.29, 0.717) is 10.7 Å². The molecule has 18 heavy (non-hydrogen) atoms. The summed E-state index contributed by atoms with van der Waals surface area (Å²) in [6.07, 6.45) is 7.20. The Morgan fingerprint density at radius 3 is 2.94 bits per heavy atom. The minimum absolute atomic E-state index is 0.0555. The number of nitrogens with one attached hydrogen (secondary N) is 2. The van der Waals surface area contributed by atoms with Crippen LogP contribution in [0, 0.1) is 12.3 Å². The molecule has 1 atom stereocenters. The predicted octanol–water partition coefficient (Wildman–Crippen LogP) is 2.67. The van der Waals surface area contributed by atoms with Gasteiger partial charge in [0, 0.05) is 10.7 Å². The summed E-state index contributed by atoms with van der Waals surface area (Å²) in [5.74, 6) is 2.49. The molecule has 0 heterocycles. The SMILES string of the molecule is C#CC(CCC)NCC(=O)Nc1cccc(Cl)c1. The summed E-state index contributed by atoms with van der Waals surface area (Å²) < 4.78 is 0. The lowest BCUT2D eigenvalue weighted by Crippen LogP contribution is -2.35. The van der Waals surface area contributed by atoms with Crippen molar-refractivity contribution < 1.29 is 4.79 Å². The molecule has 0 radical (unpaired) electrons. The smallest absolute Gasteiger partial charge is 0.238 e. The van der Waals surface area contributed by atoms with E-state index in [1.165, 1.54) is 0 Å². The number of anilines is 1. The van der Waals surface area contributed by atoms with E-state index >= 15 is 0 Å². The molecule has 0 aromatic heterocycles. The summed E-state index contributed by atoms with van der Waals surface area (Å²) in [6.45, 7) is 2.25. The maximum Gasteiger partial charge on any atom is 0.238 e. The molecule has 1 unspecified atom stereocenters. The van der Waals surface area contributed by atoms with Crippen LogP contribution in [0.1, 0.15) is 19.8 Å². The number of terminal acetylenes is 1. The normalized spacial score (nSPS) is 11.6. The number of carbonyl (C=O) groups is 1. The van der Waals surface area contributed by atoms with Crippen LogP contribution in [-0.2, 0) is 4.79 Å². The van der Waals surface area contributed by atoms with E-state index in [2.05, 4.69) is 23.5 Å². The molecule has 1 aromatic carbocycles. The summed E-state index contributed by atoms with van der Waals surface area (Å²) in [5.41, 5.74) is 0.682. The van der Waals surface area contributed by atoms with Crippen LogP contribution in [0.4, 0.5) is 5.69 Å². The van der Waals surface area contributed by atoms with E-state index in [-0.39, 0.29) is 18.5 Å². The molecule has 0 aliphatic heterocycles. The predicted molar refractivity (Wildman–Crippen MR) is 75.6 cm³/mol. The first-order chi connectivity index (χ1) is 8.65. The molecule has 2 N–H and O–H groups in total. The standard InChI is InChI=1S/C14H17ClN2O/c1-3-6-12(4-2)16-10-14(18)17-13-8-5-7-11(15)9-13/h2,5,7-9,12,16H,3,6,10H2,1H3,(H,17,18). The fraction of sp³-hybridized carbons (Fsp3) is 0.357. The molecular formula is C14H17ClN2O. The van der Waals surface area contributed by atoms with Gasteiger partial charge in [0.15, 0.2) is 0 Å². The third-order valence-electron chi connectivity index (χ3n) is 2.40. The highest BCUT2D eigenvalue weighted by atomic mass is 35.5. The minimum atomic E-state index is -0.131. The van der Waals surface area contributed by atoms with Crippen molar-refractivity contribution in [1.82, 2.24) is 5.32 Å². The molecule has 3 nitrogen and oxygen atoms in total. The highest BCUT2D eigenvalue weighted by Gasteiger charge is 2.07. The quantitative estimate of drug-likeness (QED) is 0.776. The Bertz CT molecular complexity index is 440. The molecule has 0 spiro atoms. The third-order valence-corrected chi connectivity index (χ3v) is 2.63. The maximum atomic E-state index is 11.7. The number of benzene rings is 1. The van der Waals surface area contributed by atoms with Gasteiger partial charge in [-0.05, 0) is 24.6 Å². The zero-order valence-electron chi connectivity index (χ0n) is 10.4. The Kier molecular flexibility index (Phi) is 6.27. The van der Waals surface area contributed by atoms with Gasteiger partial charge in [-0.1, -0.05) is 36.9 Å². The molecular weight excluding hydrogens is 248 g/mol. The molecule has 1 amide bonds. The van der Waals surface area contributed by atoms with Crippen molar-refractivity contribution in [2.45, 2.75) is 25.8 Å². The summed E-state index contributed by atoms with van der Waals surface area (Å²) in [4.78, 5) is 11.7. The van der Waals surface area contributed by atoms with Crippen molar-refractivity contribution in [2.24, 2.45) is 0 Å². The Hall–Kier alpha value is -1.50. The van der Waals surface area contributed by atoms with Crippen molar-refractivity contribution in [2.75, 3.05) is 11.9 Å². The highest BCUT2D eigenvalue weighted by Crippen LogP contribution is 2.14. The number of rotatable bonds is 6. The average molecular weight is 265 g/mol. The molecule has 1 aromatic rings. The van der Waals surface area contributed by atoms with Crippen LogP contribution in [0.2, 0.25) is 5.02 Å². The Balaban J connectivity index is 2.40. The van der Waals surface area contributed by atoms with Gasteiger partial charge in [-0.2, -0.15) is 0 Å². The topological polar surface area (TPSA) is 41.1 Å². The maximum absolute atomic E-state index is 11.7. The van der Waals surface area contributed by atoms with Crippen molar-refractivity contribution in [1.29, 1.82) is 0 Å². The lowest BCUT2D eigenvalue weighted by Gasteiger charge is -2.12. The van der Waals surface area contributed by atoms with Crippen molar-refractivity contribution in [3.8, 4) is 12.3 Å². The molecule has 96 valence electrons. The monoisotopic (exact) mass is 264 g/mol. The molecule has 0 bridgehead atoms. The van der Waals surface area contributed by atoms with Gasteiger partial charge in [-0.15, -0.1) is 6.42 Å². The second-order valence-electron chi connectivity index (χ2n) is 3.95. The van der Waals surface area contributed by atoms with E-state index in [4.69, 9.17) is 18.0 Å². The summed E-state index contributed by atoms with van der Waals surface area (Å²) in [6, 6.07) is 6.97. The van der Waals surface area contributed by atoms with Crippen LogP contribution in [-0.4, -0.2) is 18.5 Å². The fourth-order valence-electron chi connectivity index (χ4n) is 1.52. The molecule has 0 saturated carbocycles. The first kappa shape index (κ1) is 14.6. The Labute approximate surface area is 113 Å². The van der Waals surface area contributed by atoms with Gasteiger partial charge < -0.3 is 5.32 Å². The second-order valence-corrected chi connectivity index (χ2v) is 4.38.